The van der Waals surface area contributed by atoms with E-state index >= 15 is 0 Å². The van der Waals surface area contributed by atoms with Crippen LogP contribution in [0, 0.1) is 6.92 Å². The molecular formula is C19H18N2OS. The maximum absolute atomic E-state index is 13.2. The Morgan fingerprint density at radius 2 is 1.96 bits per heavy atom. The van der Waals surface area contributed by atoms with E-state index in [1.165, 1.54) is 10.6 Å². The van der Waals surface area contributed by atoms with Crippen molar-refractivity contribution in [2.45, 2.75) is 19.5 Å². The van der Waals surface area contributed by atoms with E-state index in [4.69, 9.17) is 0 Å². The van der Waals surface area contributed by atoms with Crippen LogP contribution in [-0.2, 0) is 6.54 Å². The summed E-state index contributed by atoms with van der Waals surface area (Å²) in [6.07, 6.45) is 2.10. The molecule has 0 fully saturated rings. The number of amides is 1. The smallest absolute Gasteiger partial charge is 0.255 e. The van der Waals surface area contributed by atoms with Gasteiger partial charge in [0.15, 0.2) is 0 Å². The van der Waals surface area contributed by atoms with Crippen molar-refractivity contribution in [3.05, 3.63) is 81.8 Å². The van der Waals surface area contributed by atoms with E-state index in [9.17, 15) is 4.79 Å². The van der Waals surface area contributed by atoms with Crippen LogP contribution in [0.3, 0.4) is 0 Å². The predicted molar refractivity (Wildman–Crippen MR) is 92.8 cm³/mol. The minimum atomic E-state index is 0.00542. The molecule has 0 N–H and O–H groups in total. The molecule has 116 valence electrons. The van der Waals surface area contributed by atoms with Crippen molar-refractivity contribution in [1.82, 2.24) is 9.47 Å². The van der Waals surface area contributed by atoms with E-state index in [0.29, 0.717) is 0 Å². The topological polar surface area (TPSA) is 25.2 Å². The molecule has 3 heterocycles. The first-order chi connectivity index (χ1) is 11.3. The summed E-state index contributed by atoms with van der Waals surface area (Å²) in [4.78, 5) is 16.4. The standard InChI is InChI=1S/C19H18N2OS/c1-14-6-2-3-7-15(14)19(22)21-12-11-20-10-4-8-16(20)18(21)17-9-5-13-23-17/h2-10,13,18H,11-12H2,1H3. The van der Waals surface area contributed by atoms with Crippen LogP contribution in [0.5, 0.6) is 0 Å². The van der Waals surface area contributed by atoms with Crippen molar-refractivity contribution in [2.75, 3.05) is 6.54 Å². The van der Waals surface area contributed by atoms with Crippen LogP contribution in [0.4, 0.5) is 0 Å². The van der Waals surface area contributed by atoms with Crippen LogP contribution in [0.1, 0.15) is 32.5 Å². The van der Waals surface area contributed by atoms with Crippen LogP contribution >= 0.6 is 11.3 Å². The Balaban J connectivity index is 1.78. The third-order valence-electron chi connectivity index (χ3n) is 4.49. The van der Waals surface area contributed by atoms with Gasteiger partial charge in [0.05, 0.1) is 0 Å². The van der Waals surface area contributed by atoms with E-state index in [0.717, 1.165) is 24.2 Å². The van der Waals surface area contributed by atoms with Gasteiger partial charge < -0.3 is 9.47 Å². The molecule has 0 spiro atoms. The normalized spacial score (nSPS) is 17.1. The molecule has 23 heavy (non-hydrogen) atoms. The summed E-state index contributed by atoms with van der Waals surface area (Å²) in [5.74, 6) is 0.119. The number of aryl methyl sites for hydroxylation is 1. The number of aromatic nitrogens is 1. The van der Waals surface area contributed by atoms with Gasteiger partial charge in [0.2, 0.25) is 0 Å². The van der Waals surface area contributed by atoms with Crippen LogP contribution in [-0.4, -0.2) is 21.9 Å². The lowest BCUT2D eigenvalue weighted by Gasteiger charge is -2.37. The molecule has 1 aliphatic rings. The molecule has 1 atom stereocenters. The highest BCUT2D eigenvalue weighted by molar-refractivity contribution is 7.10. The van der Waals surface area contributed by atoms with Gasteiger partial charge in [-0.05, 0) is 42.1 Å². The Hall–Kier alpha value is -2.33. The first-order valence-electron chi connectivity index (χ1n) is 7.81. The lowest BCUT2D eigenvalue weighted by Crippen LogP contribution is -2.42. The van der Waals surface area contributed by atoms with Gasteiger partial charge in [-0.15, -0.1) is 11.3 Å². The van der Waals surface area contributed by atoms with Crippen LogP contribution < -0.4 is 0 Å². The molecule has 1 aromatic carbocycles. The van der Waals surface area contributed by atoms with E-state index in [2.05, 4.69) is 40.4 Å². The van der Waals surface area contributed by atoms with Gasteiger partial charge in [-0.1, -0.05) is 24.3 Å². The van der Waals surface area contributed by atoms with E-state index in [-0.39, 0.29) is 11.9 Å². The first kappa shape index (κ1) is 14.3. The van der Waals surface area contributed by atoms with Gasteiger partial charge in [0.25, 0.3) is 5.91 Å². The monoisotopic (exact) mass is 322 g/mol. The van der Waals surface area contributed by atoms with Crippen LogP contribution in [0.15, 0.2) is 60.1 Å². The second kappa shape index (κ2) is 5.70. The summed E-state index contributed by atoms with van der Waals surface area (Å²) in [6, 6.07) is 16.2. The zero-order chi connectivity index (χ0) is 15.8. The Morgan fingerprint density at radius 1 is 1.09 bits per heavy atom. The molecule has 4 rings (SSSR count). The third kappa shape index (κ3) is 2.39. The lowest BCUT2D eigenvalue weighted by atomic mass is 10.0. The predicted octanol–water partition coefficient (Wildman–Crippen LogP) is 4.10. The fourth-order valence-electron chi connectivity index (χ4n) is 3.32. The molecule has 0 aliphatic carbocycles. The SMILES string of the molecule is Cc1ccccc1C(=O)N1CCn2cccc2C1c1cccs1. The number of carbonyl (C=O) groups excluding carboxylic acids is 1. The van der Waals surface area contributed by atoms with E-state index < -0.39 is 0 Å². The first-order valence-corrected chi connectivity index (χ1v) is 8.69. The molecule has 1 unspecified atom stereocenters. The highest BCUT2D eigenvalue weighted by atomic mass is 32.1. The van der Waals surface area contributed by atoms with Crippen molar-refractivity contribution in [1.29, 1.82) is 0 Å². The van der Waals surface area contributed by atoms with E-state index in [1.807, 2.05) is 36.1 Å². The molecule has 2 aromatic heterocycles. The number of carbonyl (C=O) groups is 1. The zero-order valence-electron chi connectivity index (χ0n) is 13.0. The maximum atomic E-state index is 13.2. The van der Waals surface area contributed by atoms with Gasteiger partial charge in [0.1, 0.15) is 6.04 Å². The molecular weight excluding hydrogens is 304 g/mol. The quantitative estimate of drug-likeness (QED) is 0.697. The van der Waals surface area contributed by atoms with Crippen molar-refractivity contribution in [3.8, 4) is 0 Å². The Labute approximate surface area is 139 Å². The summed E-state index contributed by atoms with van der Waals surface area (Å²) in [6.45, 7) is 3.58. The zero-order valence-corrected chi connectivity index (χ0v) is 13.8. The van der Waals surface area contributed by atoms with Crippen LogP contribution in [0.25, 0.3) is 0 Å². The molecule has 3 aromatic rings. The number of fused-ring (bicyclic) bond motifs is 1. The highest BCUT2D eigenvalue weighted by Crippen LogP contribution is 2.35. The lowest BCUT2D eigenvalue weighted by molar-refractivity contribution is 0.0666. The number of rotatable bonds is 2. The minimum Gasteiger partial charge on any atom is -0.347 e. The molecule has 0 saturated carbocycles. The largest absolute Gasteiger partial charge is 0.347 e. The summed E-state index contributed by atoms with van der Waals surface area (Å²) < 4.78 is 2.26. The van der Waals surface area contributed by atoms with Crippen LogP contribution in [0.2, 0.25) is 0 Å². The van der Waals surface area contributed by atoms with Crippen molar-refractivity contribution in [3.63, 3.8) is 0 Å². The second-order valence-corrected chi connectivity index (χ2v) is 6.84. The van der Waals surface area contributed by atoms with Gasteiger partial charge in [-0.25, -0.2) is 0 Å². The fraction of sp³-hybridized carbons (Fsp3) is 0.211. The Bertz CT molecular complexity index is 835. The van der Waals surface area contributed by atoms with Crippen molar-refractivity contribution >= 4 is 17.2 Å². The maximum Gasteiger partial charge on any atom is 0.255 e. The summed E-state index contributed by atoms with van der Waals surface area (Å²) in [7, 11) is 0. The molecule has 1 amide bonds. The Kier molecular flexibility index (Phi) is 3.54. The number of hydrogen-bond donors (Lipinski definition) is 0. The molecule has 0 saturated heterocycles. The van der Waals surface area contributed by atoms with Crippen molar-refractivity contribution in [2.24, 2.45) is 0 Å². The third-order valence-corrected chi connectivity index (χ3v) is 5.41. The number of hydrogen-bond acceptors (Lipinski definition) is 2. The van der Waals surface area contributed by atoms with Gasteiger partial charge >= 0.3 is 0 Å². The molecule has 0 bridgehead atoms. The van der Waals surface area contributed by atoms with Gasteiger partial charge in [-0.2, -0.15) is 0 Å². The molecule has 4 heteroatoms. The average Bonchev–Trinajstić information content (AvgIpc) is 3.25. The molecule has 1 aliphatic heterocycles. The second-order valence-electron chi connectivity index (χ2n) is 5.86. The van der Waals surface area contributed by atoms with E-state index in [1.54, 1.807) is 11.3 Å². The Morgan fingerprint density at radius 3 is 2.74 bits per heavy atom. The van der Waals surface area contributed by atoms with Gasteiger partial charge in [-0.3, -0.25) is 4.79 Å². The summed E-state index contributed by atoms with van der Waals surface area (Å²) >= 11 is 1.71. The number of benzene rings is 1. The highest BCUT2D eigenvalue weighted by Gasteiger charge is 2.33. The minimum absolute atomic E-state index is 0.00542. The average molecular weight is 322 g/mol. The fourth-order valence-corrected chi connectivity index (χ4v) is 4.16. The summed E-state index contributed by atoms with van der Waals surface area (Å²) in [5, 5.41) is 2.08. The van der Waals surface area contributed by atoms with Gasteiger partial charge in [0, 0.05) is 35.4 Å². The number of nitrogens with zero attached hydrogens (tertiary/aromatic N) is 2. The van der Waals surface area contributed by atoms with Crippen molar-refractivity contribution < 1.29 is 4.79 Å². The molecule has 0 radical (unpaired) electrons. The summed E-state index contributed by atoms with van der Waals surface area (Å²) in [5.41, 5.74) is 3.03. The number of thiophene rings is 1. The molecule has 3 nitrogen and oxygen atoms in total.